The number of carbonyl (C=O) groups excluding carboxylic acids is 2. The fourth-order valence-corrected chi connectivity index (χ4v) is 6.26. The van der Waals surface area contributed by atoms with Crippen LogP contribution in [0.3, 0.4) is 0 Å². The van der Waals surface area contributed by atoms with E-state index in [1.165, 1.54) is 14.2 Å². The molecule has 252 valence electrons. The standard InChI is InChI=1S/C20H31BN2O4.C14H19BrN2O2/c1-7-22-10-12-23(13-11-22)17-9-8-15(14-16(17)18(24)25-6)21-26-19(2,3)20(4,5)27-21;1-3-16-6-8-17(9-7-16)13-5-4-11(15)10-12(13)14(18)19-2/h8-9,14H,7,10-13H2,1-6H3;4-5,10H,3,6-9H2,1-2H3. The van der Waals surface area contributed by atoms with Crippen LogP contribution in [0.4, 0.5) is 11.4 Å². The van der Waals surface area contributed by atoms with Gasteiger partial charge in [-0.05, 0) is 76.6 Å². The Morgan fingerprint density at radius 2 is 1.13 bits per heavy atom. The van der Waals surface area contributed by atoms with Crippen molar-refractivity contribution in [2.24, 2.45) is 0 Å². The maximum Gasteiger partial charge on any atom is 0.494 e. The molecule has 2 aromatic rings. The van der Waals surface area contributed by atoms with Crippen LogP contribution in [0.1, 0.15) is 62.3 Å². The fraction of sp³-hybridized carbons (Fsp3) is 0.588. The Morgan fingerprint density at radius 1 is 0.717 bits per heavy atom. The lowest BCUT2D eigenvalue weighted by atomic mass is 9.78. The van der Waals surface area contributed by atoms with Crippen LogP contribution in [0.5, 0.6) is 0 Å². The molecule has 0 aliphatic carbocycles. The van der Waals surface area contributed by atoms with E-state index in [2.05, 4.69) is 49.4 Å². The summed E-state index contributed by atoms with van der Waals surface area (Å²) >= 11 is 3.40. The second kappa shape index (κ2) is 15.5. The van der Waals surface area contributed by atoms with Crippen LogP contribution >= 0.6 is 15.9 Å². The molecule has 10 nitrogen and oxygen atoms in total. The first-order valence-electron chi connectivity index (χ1n) is 16.2. The zero-order valence-electron chi connectivity index (χ0n) is 28.7. The number of esters is 2. The topological polar surface area (TPSA) is 84.0 Å². The average Bonchev–Trinajstić information content (AvgIpc) is 3.29. The molecule has 3 aliphatic heterocycles. The highest BCUT2D eigenvalue weighted by molar-refractivity contribution is 9.10. The highest BCUT2D eigenvalue weighted by Gasteiger charge is 2.51. The molecule has 0 unspecified atom stereocenters. The van der Waals surface area contributed by atoms with Crippen LogP contribution in [0.25, 0.3) is 0 Å². The van der Waals surface area contributed by atoms with Gasteiger partial charge in [-0.25, -0.2) is 9.59 Å². The third-order valence-electron chi connectivity index (χ3n) is 9.64. The molecule has 3 heterocycles. The largest absolute Gasteiger partial charge is 0.494 e. The summed E-state index contributed by atoms with van der Waals surface area (Å²) < 4.78 is 23.1. The lowest BCUT2D eigenvalue weighted by molar-refractivity contribution is 0.00578. The maximum atomic E-state index is 12.5. The number of piperazine rings is 2. The number of rotatable bonds is 7. The van der Waals surface area contributed by atoms with Gasteiger partial charge in [0.1, 0.15) is 0 Å². The van der Waals surface area contributed by atoms with Gasteiger partial charge in [-0.3, -0.25) is 0 Å². The van der Waals surface area contributed by atoms with Crippen LogP contribution in [-0.4, -0.2) is 120 Å². The number of anilines is 2. The third kappa shape index (κ3) is 8.25. The number of nitrogens with zero attached hydrogens (tertiary/aromatic N) is 4. The summed E-state index contributed by atoms with van der Waals surface area (Å²) in [5.74, 6) is -0.615. The van der Waals surface area contributed by atoms with Crippen molar-refractivity contribution in [3.63, 3.8) is 0 Å². The van der Waals surface area contributed by atoms with Crippen molar-refractivity contribution < 1.29 is 28.4 Å². The van der Waals surface area contributed by atoms with Gasteiger partial charge in [0.2, 0.25) is 0 Å². The number of methoxy groups -OCH3 is 2. The minimum atomic E-state index is -0.496. The van der Waals surface area contributed by atoms with Crippen molar-refractivity contribution in [3.8, 4) is 0 Å². The van der Waals surface area contributed by atoms with E-state index in [4.69, 9.17) is 18.8 Å². The summed E-state index contributed by atoms with van der Waals surface area (Å²) in [5.41, 5.74) is 3.07. The first kappa shape index (κ1) is 36.2. The van der Waals surface area contributed by atoms with Crippen molar-refractivity contribution in [2.45, 2.75) is 52.7 Å². The maximum absolute atomic E-state index is 12.5. The lowest BCUT2D eigenvalue weighted by Gasteiger charge is -2.36. The number of likely N-dealkylation sites (N-methyl/N-ethyl adjacent to an activating group) is 2. The average molecular weight is 702 g/mol. The van der Waals surface area contributed by atoms with Crippen LogP contribution < -0.4 is 15.3 Å². The quantitative estimate of drug-likeness (QED) is 0.308. The first-order valence-corrected chi connectivity index (χ1v) is 17.0. The normalized spacial score (nSPS) is 19.8. The van der Waals surface area contributed by atoms with Crippen molar-refractivity contribution in [3.05, 3.63) is 52.0 Å². The Balaban J connectivity index is 0.000000222. The smallest absolute Gasteiger partial charge is 0.465 e. The minimum absolute atomic E-state index is 0.283. The molecule has 2 aromatic carbocycles. The van der Waals surface area contributed by atoms with Crippen molar-refractivity contribution in [2.75, 3.05) is 89.5 Å². The van der Waals surface area contributed by atoms with Gasteiger partial charge in [0.25, 0.3) is 0 Å². The van der Waals surface area contributed by atoms with Gasteiger partial charge in [0.05, 0.1) is 47.9 Å². The Bertz CT molecular complexity index is 1340. The Hall–Kier alpha value is -2.64. The molecule has 3 saturated heterocycles. The molecule has 0 radical (unpaired) electrons. The summed E-state index contributed by atoms with van der Waals surface area (Å²) in [6, 6.07) is 11.6. The molecule has 12 heteroatoms. The highest BCUT2D eigenvalue weighted by atomic mass is 79.9. The predicted molar refractivity (Wildman–Crippen MR) is 188 cm³/mol. The summed E-state index contributed by atoms with van der Waals surface area (Å²) in [6.45, 7) is 22.3. The molecule has 0 N–H and O–H groups in total. The Labute approximate surface area is 283 Å². The van der Waals surface area contributed by atoms with Gasteiger partial charge >= 0.3 is 19.1 Å². The highest BCUT2D eigenvalue weighted by Crippen LogP contribution is 2.37. The summed E-state index contributed by atoms with van der Waals surface area (Å²) in [7, 11) is 2.34. The molecule has 0 saturated carbocycles. The van der Waals surface area contributed by atoms with E-state index in [0.717, 1.165) is 86.8 Å². The summed E-state index contributed by atoms with van der Waals surface area (Å²) in [5, 5.41) is 0. The molecule has 0 spiro atoms. The van der Waals surface area contributed by atoms with Crippen molar-refractivity contribution >= 4 is 51.8 Å². The Kier molecular flexibility index (Phi) is 12.2. The molecule has 0 amide bonds. The summed E-state index contributed by atoms with van der Waals surface area (Å²) in [4.78, 5) is 33.7. The van der Waals surface area contributed by atoms with Crippen LogP contribution in [0.2, 0.25) is 0 Å². The second-order valence-corrected chi connectivity index (χ2v) is 13.8. The monoisotopic (exact) mass is 700 g/mol. The number of carbonyl (C=O) groups is 2. The van der Waals surface area contributed by atoms with E-state index in [9.17, 15) is 9.59 Å². The second-order valence-electron chi connectivity index (χ2n) is 12.9. The predicted octanol–water partition coefficient (Wildman–Crippen LogP) is 4.29. The van der Waals surface area contributed by atoms with Crippen LogP contribution in [0.15, 0.2) is 40.9 Å². The lowest BCUT2D eigenvalue weighted by Crippen LogP contribution is -2.47. The number of ether oxygens (including phenoxy) is 2. The number of benzene rings is 2. The van der Waals surface area contributed by atoms with Gasteiger partial charge in [-0.1, -0.05) is 35.8 Å². The number of hydrogen-bond donors (Lipinski definition) is 0. The third-order valence-corrected chi connectivity index (χ3v) is 10.1. The molecule has 5 rings (SSSR count). The van der Waals surface area contributed by atoms with E-state index < -0.39 is 18.3 Å². The Morgan fingerprint density at radius 3 is 1.54 bits per heavy atom. The SMILES string of the molecule is CCN1CCN(c2ccc(B3OC(C)(C)C(C)(C)O3)cc2C(=O)OC)CC1.CCN1CCN(c2ccc(Br)cc2C(=O)OC)CC1. The number of hydrogen-bond acceptors (Lipinski definition) is 10. The molecule has 0 bridgehead atoms. The molecular weight excluding hydrogens is 651 g/mol. The van der Waals surface area contributed by atoms with Gasteiger partial charge in [-0.2, -0.15) is 0 Å². The van der Waals surface area contributed by atoms with Crippen LogP contribution in [-0.2, 0) is 18.8 Å². The van der Waals surface area contributed by atoms with E-state index >= 15 is 0 Å². The van der Waals surface area contributed by atoms with E-state index in [1.807, 2.05) is 64.1 Å². The van der Waals surface area contributed by atoms with Gasteiger partial charge in [0, 0.05) is 56.8 Å². The van der Waals surface area contributed by atoms with Crippen molar-refractivity contribution in [1.82, 2.24) is 9.80 Å². The van der Waals surface area contributed by atoms with E-state index in [-0.39, 0.29) is 11.9 Å². The minimum Gasteiger partial charge on any atom is -0.465 e. The molecule has 3 aliphatic rings. The molecule has 3 fully saturated rings. The molecule has 0 atom stereocenters. The van der Waals surface area contributed by atoms with Gasteiger partial charge in [-0.15, -0.1) is 0 Å². The van der Waals surface area contributed by atoms with Gasteiger partial charge in [0.15, 0.2) is 0 Å². The summed E-state index contributed by atoms with van der Waals surface area (Å²) in [6.07, 6.45) is 0. The van der Waals surface area contributed by atoms with E-state index in [1.54, 1.807) is 0 Å². The van der Waals surface area contributed by atoms with Gasteiger partial charge < -0.3 is 38.4 Å². The zero-order chi connectivity index (χ0) is 33.6. The molecular formula is C34H50BBrN4O6. The molecule has 46 heavy (non-hydrogen) atoms. The fourth-order valence-electron chi connectivity index (χ4n) is 5.90. The molecule has 0 aromatic heterocycles. The number of halogens is 1. The first-order chi connectivity index (χ1) is 21.8. The van der Waals surface area contributed by atoms with Crippen molar-refractivity contribution in [1.29, 1.82) is 0 Å². The van der Waals surface area contributed by atoms with Crippen LogP contribution in [0, 0.1) is 0 Å². The zero-order valence-corrected chi connectivity index (χ0v) is 30.3. The van der Waals surface area contributed by atoms with E-state index in [0.29, 0.717) is 11.1 Å².